The number of nitrogens with one attached hydrogen (secondary N) is 1. The Morgan fingerprint density at radius 3 is 2.83 bits per heavy atom. The molecule has 3 aromatic rings. The Morgan fingerprint density at radius 2 is 2.12 bits per heavy atom. The largest absolute Gasteiger partial charge is 0.307 e. The van der Waals surface area contributed by atoms with Gasteiger partial charge in [-0.05, 0) is 35.2 Å². The van der Waals surface area contributed by atoms with Gasteiger partial charge >= 0.3 is 0 Å². The molecule has 0 atom stereocenters. The third kappa shape index (κ3) is 3.97. The number of hydrogen-bond donors (Lipinski definition) is 1. The Hall–Kier alpha value is -3.17. The Kier molecular flexibility index (Phi) is 4.84. The van der Waals surface area contributed by atoms with Gasteiger partial charge in [0.25, 0.3) is 0 Å². The van der Waals surface area contributed by atoms with Crippen molar-refractivity contribution >= 4 is 29.1 Å². The number of rotatable bonds is 5. The van der Waals surface area contributed by atoms with Crippen LogP contribution in [0.2, 0.25) is 0 Å². The van der Waals surface area contributed by atoms with E-state index in [4.69, 9.17) is 5.26 Å². The molecule has 6 heteroatoms. The van der Waals surface area contributed by atoms with Crippen LogP contribution in [0.3, 0.4) is 0 Å². The first-order valence-electron chi connectivity index (χ1n) is 7.28. The molecule has 3 rings (SSSR count). The molecule has 2 aromatic heterocycles. The number of benzene rings is 1. The average Bonchev–Trinajstić information content (AvgIpc) is 3.26. The zero-order chi connectivity index (χ0) is 16.8. The summed E-state index contributed by atoms with van der Waals surface area (Å²) in [5, 5.41) is 17.8. The number of hydrogen-bond acceptors (Lipinski definition) is 4. The number of anilines is 1. The molecule has 24 heavy (non-hydrogen) atoms. The summed E-state index contributed by atoms with van der Waals surface area (Å²) in [6.07, 6.45) is 4.83. The minimum Gasteiger partial charge on any atom is -0.307 e. The highest BCUT2D eigenvalue weighted by molar-refractivity contribution is 7.09. The van der Waals surface area contributed by atoms with Gasteiger partial charge in [0.05, 0.1) is 24.4 Å². The highest BCUT2D eigenvalue weighted by atomic mass is 32.1. The van der Waals surface area contributed by atoms with Crippen LogP contribution < -0.4 is 5.32 Å². The number of carbonyl (C=O) groups excluding carboxylic acids is 1. The van der Waals surface area contributed by atoms with Crippen molar-refractivity contribution in [2.24, 2.45) is 0 Å². The van der Waals surface area contributed by atoms with Crippen LogP contribution in [0, 0.1) is 11.3 Å². The van der Waals surface area contributed by atoms with Gasteiger partial charge in [0, 0.05) is 17.0 Å². The molecule has 0 aliphatic heterocycles. The summed E-state index contributed by atoms with van der Waals surface area (Å²) in [7, 11) is 0. The van der Waals surface area contributed by atoms with Gasteiger partial charge in [-0.1, -0.05) is 18.2 Å². The lowest BCUT2D eigenvalue weighted by atomic mass is 10.1. The summed E-state index contributed by atoms with van der Waals surface area (Å²) < 4.78 is 1.75. The van der Waals surface area contributed by atoms with Crippen molar-refractivity contribution in [2.75, 3.05) is 5.32 Å². The number of thiophene rings is 1. The normalized spacial score (nSPS) is 10.6. The highest BCUT2D eigenvalue weighted by Crippen LogP contribution is 2.14. The third-order valence-corrected chi connectivity index (χ3v) is 4.18. The summed E-state index contributed by atoms with van der Waals surface area (Å²) in [6.45, 7) is 0.625. The monoisotopic (exact) mass is 334 g/mol. The molecule has 0 radical (unpaired) electrons. The van der Waals surface area contributed by atoms with Gasteiger partial charge in [-0.25, -0.2) is 4.68 Å². The minimum absolute atomic E-state index is 0.229. The lowest BCUT2D eigenvalue weighted by molar-refractivity contribution is -0.111. The molecule has 5 nitrogen and oxygen atoms in total. The number of aromatic nitrogens is 2. The number of nitrogens with zero attached hydrogens (tertiary/aromatic N) is 3. The van der Waals surface area contributed by atoms with Crippen LogP contribution in [0.15, 0.2) is 60.1 Å². The molecule has 0 fully saturated rings. The van der Waals surface area contributed by atoms with Crippen LogP contribution in [0.4, 0.5) is 5.82 Å². The fraction of sp³-hybridized carbons (Fsp3) is 0.0556. The van der Waals surface area contributed by atoms with Crippen molar-refractivity contribution < 1.29 is 4.79 Å². The fourth-order valence-corrected chi connectivity index (χ4v) is 2.81. The molecule has 1 amide bonds. The first-order chi connectivity index (χ1) is 11.7. The van der Waals surface area contributed by atoms with Crippen LogP contribution in [-0.4, -0.2) is 15.7 Å². The summed E-state index contributed by atoms with van der Waals surface area (Å²) in [5.41, 5.74) is 1.45. The van der Waals surface area contributed by atoms with E-state index in [1.54, 1.807) is 58.6 Å². The average molecular weight is 334 g/mol. The van der Waals surface area contributed by atoms with Crippen LogP contribution >= 0.6 is 11.3 Å². The predicted molar refractivity (Wildman–Crippen MR) is 94.5 cm³/mol. The fourth-order valence-electron chi connectivity index (χ4n) is 2.12. The van der Waals surface area contributed by atoms with E-state index in [1.807, 2.05) is 17.5 Å². The molecule has 0 unspecified atom stereocenters. The van der Waals surface area contributed by atoms with Crippen LogP contribution in [0.25, 0.3) is 6.08 Å². The van der Waals surface area contributed by atoms with Gasteiger partial charge in [-0.2, -0.15) is 10.4 Å². The van der Waals surface area contributed by atoms with Crippen molar-refractivity contribution in [2.45, 2.75) is 6.54 Å². The summed E-state index contributed by atoms with van der Waals surface area (Å²) in [6, 6.07) is 14.9. The van der Waals surface area contributed by atoms with E-state index in [0.29, 0.717) is 17.9 Å². The Labute approximate surface area is 143 Å². The van der Waals surface area contributed by atoms with E-state index < -0.39 is 0 Å². The molecule has 1 N–H and O–H groups in total. The molecule has 118 valence electrons. The zero-order valence-electron chi connectivity index (χ0n) is 12.7. The second kappa shape index (κ2) is 7.40. The standard InChI is InChI=1S/C18H14N4OS/c19-12-15-5-3-14(4-6-15)7-8-18(23)21-17-9-10-20-22(17)13-16-2-1-11-24-16/h1-11H,13H2,(H,21,23)/b8-7+. The zero-order valence-corrected chi connectivity index (χ0v) is 13.5. The maximum absolute atomic E-state index is 12.1. The molecule has 1 aromatic carbocycles. The molecular formula is C18H14N4OS. The second-order valence-corrected chi connectivity index (χ2v) is 6.04. The first kappa shape index (κ1) is 15.7. The van der Waals surface area contributed by atoms with Gasteiger partial charge in [-0.15, -0.1) is 11.3 Å². The van der Waals surface area contributed by atoms with Crippen LogP contribution in [-0.2, 0) is 11.3 Å². The maximum atomic E-state index is 12.1. The van der Waals surface area contributed by atoms with E-state index in [1.165, 1.54) is 11.0 Å². The molecule has 0 aliphatic rings. The van der Waals surface area contributed by atoms with E-state index in [-0.39, 0.29) is 5.91 Å². The molecule has 0 saturated carbocycles. The summed E-state index contributed by atoms with van der Waals surface area (Å²) in [4.78, 5) is 13.2. The van der Waals surface area contributed by atoms with Crippen molar-refractivity contribution in [3.8, 4) is 6.07 Å². The van der Waals surface area contributed by atoms with Crippen LogP contribution in [0.1, 0.15) is 16.0 Å². The summed E-state index contributed by atoms with van der Waals surface area (Å²) in [5.74, 6) is 0.421. The van der Waals surface area contributed by atoms with E-state index >= 15 is 0 Å². The minimum atomic E-state index is -0.229. The van der Waals surface area contributed by atoms with E-state index in [0.717, 1.165) is 5.56 Å². The first-order valence-corrected chi connectivity index (χ1v) is 8.16. The Balaban J connectivity index is 1.63. The molecule has 0 bridgehead atoms. The van der Waals surface area contributed by atoms with Gasteiger partial charge < -0.3 is 5.32 Å². The molecule has 2 heterocycles. The number of amides is 1. The van der Waals surface area contributed by atoms with Crippen molar-refractivity contribution in [1.29, 1.82) is 5.26 Å². The molecule has 0 saturated heterocycles. The lowest BCUT2D eigenvalue weighted by Crippen LogP contribution is -2.13. The molecule has 0 spiro atoms. The van der Waals surface area contributed by atoms with Gasteiger partial charge in [0.2, 0.25) is 5.91 Å². The van der Waals surface area contributed by atoms with Gasteiger partial charge in [0.1, 0.15) is 5.82 Å². The van der Waals surface area contributed by atoms with Crippen molar-refractivity contribution in [1.82, 2.24) is 9.78 Å². The second-order valence-electron chi connectivity index (χ2n) is 5.01. The number of nitriles is 1. The Bertz CT molecular complexity index is 886. The lowest BCUT2D eigenvalue weighted by Gasteiger charge is -2.06. The van der Waals surface area contributed by atoms with E-state index in [2.05, 4.69) is 16.5 Å². The molecular weight excluding hydrogens is 320 g/mol. The molecule has 0 aliphatic carbocycles. The summed E-state index contributed by atoms with van der Waals surface area (Å²) >= 11 is 1.65. The van der Waals surface area contributed by atoms with Crippen LogP contribution in [0.5, 0.6) is 0 Å². The highest BCUT2D eigenvalue weighted by Gasteiger charge is 2.06. The quantitative estimate of drug-likeness (QED) is 0.726. The Morgan fingerprint density at radius 1 is 1.29 bits per heavy atom. The van der Waals surface area contributed by atoms with Gasteiger partial charge in [-0.3, -0.25) is 4.79 Å². The maximum Gasteiger partial charge on any atom is 0.249 e. The predicted octanol–water partition coefficient (Wildman–Crippen LogP) is 3.52. The van der Waals surface area contributed by atoms with Crippen molar-refractivity contribution in [3.05, 3.63) is 76.1 Å². The smallest absolute Gasteiger partial charge is 0.249 e. The third-order valence-electron chi connectivity index (χ3n) is 3.32. The van der Waals surface area contributed by atoms with Crippen molar-refractivity contribution in [3.63, 3.8) is 0 Å². The number of carbonyl (C=O) groups is 1. The van der Waals surface area contributed by atoms with Gasteiger partial charge in [0.15, 0.2) is 0 Å². The topological polar surface area (TPSA) is 70.7 Å². The SMILES string of the molecule is N#Cc1ccc(/C=C/C(=O)Nc2ccnn2Cc2cccs2)cc1. The van der Waals surface area contributed by atoms with E-state index in [9.17, 15) is 4.79 Å².